The molecule has 164 valence electrons. The molecule has 1 unspecified atom stereocenters. The van der Waals surface area contributed by atoms with Crippen molar-refractivity contribution in [3.05, 3.63) is 35.9 Å². The number of halogens is 1. The maximum atomic E-state index is 5.77. The molecule has 6 nitrogen and oxygen atoms in total. The number of benzene rings is 1. The van der Waals surface area contributed by atoms with Crippen LogP contribution in [0.2, 0.25) is 0 Å². The van der Waals surface area contributed by atoms with E-state index in [1.165, 1.54) is 12.0 Å². The second-order valence-corrected chi connectivity index (χ2v) is 7.57. The second kappa shape index (κ2) is 14.2. The number of aliphatic imine (C=N–C) groups is 1. The number of guanidine groups is 1. The lowest BCUT2D eigenvalue weighted by atomic mass is 10.2. The SMILES string of the molecule is CN=C(NCCCCOCCc1ccccc1)N1CCC(N2CCOCC2)C1.I. The van der Waals surface area contributed by atoms with Crippen LogP contribution in [0.1, 0.15) is 24.8 Å². The summed E-state index contributed by atoms with van der Waals surface area (Å²) in [5.74, 6) is 1.04. The van der Waals surface area contributed by atoms with Gasteiger partial charge >= 0.3 is 0 Å². The van der Waals surface area contributed by atoms with Crippen molar-refractivity contribution in [1.29, 1.82) is 0 Å². The smallest absolute Gasteiger partial charge is 0.193 e. The molecule has 0 aliphatic carbocycles. The number of nitrogens with zero attached hydrogens (tertiary/aromatic N) is 3. The Morgan fingerprint density at radius 1 is 1.14 bits per heavy atom. The van der Waals surface area contributed by atoms with Crippen molar-refractivity contribution in [2.75, 3.05) is 66.2 Å². The molecule has 0 spiro atoms. The third-order valence-corrected chi connectivity index (χ3v) is 5.61. The highest BCUT2D eigenvalue weighted by molar-refractivity contribution is 14.0. The van der Waals surface area contributed by atoms with Crippen molar-refractivity contribution >= 4 is 29.9 Å². The number of hydrogen-bond acceptors (Lipinski definition) is 4. The van der Waals surface area contributed by atoms with E-state index in [1.54, 1.807) is 0 Å². The fourth-order valence-electron chi connectivity index (χ4n) is 3.97. The summed E-state index contributed by atoms with van der Waals surface area (Å²) in [4.78, 5) is 9.46. The zero-order valence-electron chi connectivity index (χ0n) is 17.7. The van der Waals surface area contributed by atoms with Crippen molar-refractivity contribution in [2.24, 2.45) is 4.99 Å². The Kier molecular flexibility index (Phi) is 11.9. The van der Waals surface area contributed by atoms with Crippen molar-refractivity contribution in [3.8, 4) is 0 Å². The molecule has 0 radical (unpaired) electrons. The average Bonchev–Trinajstić information content (AvgIpc) is 3.24. The van der Waals surface area contributed by atoms with Crippen LogP contribution in [0.4, 0.5) is 0 Å². The minimum absolute atomic E-state index is 0. The first kappa shape index (κ1) is 24.4. The van der Waals surface area contributed by atoms with Gasteiger partial charge in [-0.25, -0.2) is 0 Å². The zero-order chi connectivity index (χ0) is 19.4. The lowest BCUT2D eigenvalue weighted by molar-refractivity contribution is 0.0195. The largest absolute Gasteiger partial charge is 0.381 e. The molecule has 29 heavy (non-hydrogen) atoms. The van der Waals surface area contributed by atoms with Crippen LogP contribution in [0.5, 0.6) is 0 Å². The van der Waals surface area contributed by atoms with Crippen LogP contribution in [0, 0.1) is 0 Å². The third-order valence-electron chi connectivity index (χ3n) is 5.61. The molecule has 2 heterocycles. The van der Waals surface area contributed by atoms with Gasteiger partial charge in [0.15, 0.2) is 5.96 Å². The van der Waals surface area contributed by atoms with E-state index in [9.17, 15) is 0 Å². The molecule has 7 heteroatoms. The summed E-state index contributed by atoms with van der Waals surface area (Å²) in [6.45, 7) is 8.61. The molecule has 0 amide bonds. The van der Waals surface area contributed by atoms with Gasteiger partial charge in [0.25, 0.3) is 0 Å². The quantitative estimate of drug-likeness (QED) is 0.237. The lowest BCUT2D eigenvalue weighted by Crippen LogP contribution is -2.46. The average molecular weight is 516 g/mol. The molecule has 2 aliphatic rings. The summed E-state index contributed by atoms with van der Waals surface area (Å²) in [6, 6.07) is 11.2. The van der Waals surface area contributed by atoms with E-state index >= 15 is 0 Å². The number of nitrogens with one attached hydrogen (secondary N) is 1. The predicted molar refractivity (Wildman–Crippen MR) is 129 cm³/mol. The molecule has 2 saturated heterocycles. The van der Waals surface area contributed by atoms with Gasteiger partial charge in [-0.3, -0.25) is 9.89 Å². The summed E-state index contributed by atoms with van der Waals surface area (Å²) in [5.41, 5.74) is 1.34. The van der Waals surface area contributed by atoms with Crippen LogP contribution >= 0.6 is 24.0 Å². The Morgan fingerprint density at radius 2 is 1.93 bits per heavy atom. The van der Waals surface area contributed by atoms with E-state index in [-0.39, 0.29) is 24.0 Å². The molecule has 1 N–H and O–H groups in total. The molecular weight excluding hydrogens is 479 g/mol. The van der Waals surface area contributed by atoms with E-state index < -0.39 is 0 Å². The van der Waals surface area contributed by atoms with Crippen LogP contribution in [-0.2, 0) is 15.9 Å². The molecule has 1 aromatic carbocycles. The molecule has 0 bridgehead atoms. The van der Waals surface area contributed by atoms with E-state index in [0.29, 0.717) is 6.04 Å². The predicted octanol–water partition coefficient (Wildman–Crippen LogP) is 2.63. The van der Waals surface area contributed by atoms with E-state index in [1.807, 2.05) is 7.05 Å². The highest BCUT2D eigenvalue weighted by Crippen LogP contribution is 2.17. The molecule has 3 rings (SSSR count). The summed E-state index contributed by atoms with van der Waals surface area (Å²) in [6.07, 6.45) is 4.39. The molecule has 1 aromatic rings. The van der Waals surface area contributed by atoms with Crippen molar-refractivity contribution in [3.63, 3.8) is 0 Å². The zero-order valence-corrected chi connectivity index (χ0v) is 20.1. The Balaban J connectivity index is 0.00000300. The van der Waals surface area contributed by atoms with Crippen molar-refractivity contribution in [1.82, 2.24) is 15.1 Å². The van der Waals surface area contributed by atoms with Gasteiger partial charge in [-0.05, 0) is 31.2 Å². The fourth-order valence-corrected chi connectivity index (χ4v) is 3.97. The van der Waals surface area contributed by atoms with Crippen LogP contribution < -0.4 is 5.32 Å². The molecule has 2 aliphatic heterocycles. The number of morpholine rings is 1. The van der Waals surface area contributed by atoms with Crippen LogP contribution in [0.25, 0.3) is 0 Å². The van der Waals surface area contributed by atoms with E-state index in [2.05, 4.69) is 50.4 Å². The van der Waals surface area contributed by atoms with Gasteiger partial charge < -0.3 is 19.7 Å². The third kappa shape index (κ3) is 8.39. The lowest BCUT2D eigenvalue weighted by Gasteiger charge is -2.32. The Hall–Kier alpha value is -0.900. The Morgan fingerprint density at radius 3 is 2.69 bits per heavy atom. The summed E-state index contributed by atoms with van der Waals surface area (Å²) < 4.78 is 11.2. The maximum absolute atomic E-state index is 5.77. The topological polar surface area (TPSA) is 49.3 Å². The Bertz CT molecular complexity index is 581. The number of hydrogen-bond donors (Lipinski definition) is 1. The number of rotatable bonds is 9. The van der Waals surface area contributed by atoms with E-state index in [4.69, 9.17) is 9.47 Å². The normalized spacial score (nSPS) is 20.5. The molecule has 1 atom stereocenters. The van der Waals surface area contributed by atoms with Crippen LogP contribution in [-0.4, -0.2) is 88.0 Å². The maximum Gasteiger partial charge on any atom is 0.193 e. The number of likely N-dealkylation sites (tertiary alicyclic amines) is 1. The van der Waals surface area contributed by atoms with E-state index in [0.717, 1.165) is 84.4 Å². The summed E-state index contributed by atoms with van der Waals surface area (Å²) in [7, 11) is 1.89. The number of unbranched alkanes of at least 4 members (excludes halogenated alkanes) is 1. The first-order valence-corrected chi connectivity index (χ1v) is 10.8. The monoisotopic (exact) mass is 516 g/mol. The molecular formula is C22H37IN4O2. The minimum Gasteiger partial charge on any atom is -0.381 e. The van der Waals surface area contributed by atoms with Crippen molar-refractivity contribution < 1.29 is 9.47 Å². The van der Waals surface area contributed by atoms with Gasteiger partial charge in [-0.1, -0.05) is 30.3 Å². The molecule has 0 aromatic heterocycles. The van der Waals surface area contributed by atoms with Gasteiger partial charge in [-0.2, -0.15) is 0 Å². The van der Waals surface area contributed by atoms with Crippen LogP contribution in [0.15, 0.2) is 35.3 Å². The van der Waals surface area contributed by atoms with Gasteiger partial charge in [-0.15, -0.1) is 24.0 Å². The van der Waals surface area contributed by atoms with Crippen molar-refractivity contribution in [2.45, 2.75) is 31.7 Å². The molecule has 2 fully saturated rings. The minimum atomic E-state index is 0. The standard InChI is InChI=1S/C22H36N4O2.HI/c1-23-22(26-12-9-21(19-26)25-13-17-28-18-14-25)24-11-5-6-15-27-16-10-20-7-3-2-4-8-20;/h2-4,7-8,21H,5-6,9-19H2,1H3,(H,23,24);1H. The summed E-state index contributed by atoms with van der Waals surface area (Å²) in [5, 5.41) is 3.53. The second-order valence-electron chi connectivity index (χ2n) is 7.57. The van der Waals surface area contributed by atoms with Gasteiger partial charge in [0.05, 0.1) is 19.8 Å². The van der Waals surface area contributed by atoms with Gasteiger partial charge in [0.1, 0.15) is 0 Å². The summed E-state index contributed by atoms with van der Waals surface area (Å²) >= 11 is 0. The molecule has 0 saturated carbocycles. The fraction of sp³-hybridized carbons (Fsp3) is 0.682. The van der Waals surface area contributed by atoms with Gasteiger partial charge in [0.2, 0.25) is 0 Å². The Labute approximate surface area is 193 Å². The first-order valence-electron chi connectivity index (χ1n) is 10.8. The van der Waals surface area contributed by atoms with Crippen LogP contribution in [0.3, 0.4) is 0 Å². The first-order chi connectivity index (χ1) is 13.9. The number of ether oxygens (including phenoxy) is 2. The van der Waals surface area contributed by atoms with Gasteiger partial charge in [0, 0.05) is 52.4 Å². The highest BCUT2D eigenvalue weighted by Gasteiger charge is 2.30. The highest BCUT2D eigenvalue weighted by atomic mass is 127.